The zero-order valence-corrected chi connectivity index (χ0v) is 36.9. The molecule has 6 rings (SSSR count). The summed E-state index contributed by atoms with van der Waals surface area (Å²) >= 11 is 1.39. The molecule has 60 heavy (non-hydrogen) atoms. The number of thioether (sulfide) groups is 1. The van der Waals surface area contributed by atoms with Crippen LogP contribution in [-0.2, 0) is 39.6 Å². The van der Waals surface area contributed by atoms with Crippen LogP contribution >= 0.6 is 11.8 Å². The molecule has 1 aliphatic rings. The van der Waals surface area contributed by atoms with Gasteiger partial charge >= 0.3 is 11.9 Å². The van der Waals surface area contributed by atoms with Crippen LogP contribution in [0.15, 0.2) is 144 Å². The first-order valence-corrected chi connectivity index (χ1v) is 23.0. The summed E-state index contributed by atoms with van der Waals surface area (Å²) in [5, 5.41) is 1.77. The number of benzene rings is 5. The van der Waals surface area contributed by atoms with Crippen LogP contribution in [0.2, 0.25) is 5.04 Å². The average molecular weight is 847 g/mol. The smallest absolute Gasteiger partial charge is 0.338 e. The molecule has 0 aliphatic carbocycles. The van der Waals surface area contributed by atoms with E-state index in [-0.39, 0.29) is 36.9 Å². The minimum Gasteiger partial charge on any atom is -0.497 e. The number of carbonyl (C=O) groups excluding carboxylic acids is 3. The van der Waals surface area contributed by atoms with Crippen molar-refractivity contribution in [2.75, 3.05) is 13.7 Å². The Bertz CT molecular complexity index is 2100. The Morgan fingerprint density at radius 3 is 1.83 bits per heavy atom. The number of methoxy groups -OCH3 is 1. The van der Waals surface area contributed by atoms with E-state index in [4.69, 9.17) is 28.1 Å². The van der Waals surface area contributed by atoms with Crippen molar-refractivity contribution in [2.45, 2.75) is 93.9 Å². The first kappa shape index (κ1) is 44.5. The fraction of sp³-hybridized carbons (Fsp3) is 0.327. The van der Waals surface area contributed by atoms with Crippen molar-refractivity contribution >= 4 is 48.2 Å². The predicted octanol–water partition coefficient (Wildman–Crippen LogP) is 8.49. The molecule has 1 fully saturated rings. The summed E-state index contributed by atoms with van der Waals surface area (Å²) in [4.78, 5) is 40.7. The van der Waals surface area contributed by atoms with Crippen molar-refractivity contribution < 1.29 is 42.5 Å². The largest absolute Gasteiger partial charge is 0.497 e. The highest BCUT2D eigenvalue weighted by molar-refractivity contribution is 7.99. The van der Waals surface area contributed by atoms with Crippen molar-refractivity contribution in [2.24, 2.45) is 0 Å². The van der Waals surface area contributed by atoms with Crippen LogP contribution < -0.4 is 15.1 Å². The molecule has 5 atom stereocenters. The van der Waals surface area contributed by atoms with Crippen molar-refractivity contribution in [1.82, 2.24) is 0 Å². The SMILES string of the molecule is COc1ccc(CO[C@H]2[C@@H](OC(=O)CCC(C)=O)[C@@H](CO[Si](c3ccccc3)(c3ccccc3)C(C)(C)C)O[C@@H](Sc3ccc(C)cc3)[C@@H]2OC(=O)c2ccccc2)cc1. The third-order valence-corrected chi connectivity index (χ3v) is 16.7. The maximum absolute atomic E-state index is 14.0. The van der Waals surface area contributed by atoms with Crippen molar-refractivity contribution in [3.8, 4) is 5.75 Å². The number of ether oxygens (including phenoxy) is 5. The summed E-state index contributed by atoms with van der Waals surface area (Å²) in [5.74, 6) is -0.646. The molecule has 0 saturated carbocycles. The van der Waals surface area contributed by atoms with E-state index in [2.05, 4.69) is 45.0 Å². The molecule has 1 aliphatic heterocycles. The minimum absolute atomic E-state index is 0.00460. The number of aryl methyl sites for hydroxylation is 1. The lowest BCUT2D eigenvalue weighted by Crippen LogP contribution is -2.68. The Kier molecular flexibility index (Phi) is 15.2. The first-order valence-electron chi connectivity index (χ1n) is 20.2. The Hall–Kier alpha value is -5.04. The van der Waals surface area contributed by atoms with Gasteiger partial charge in [0.1, 0.15) is 29.2 Å². The molecule has 9 nitrogen and oxygen atoms in total. The molecule has 0 amide bonds. The molecule has 11 heteroatoms. The van der Waals surface area contributed by atoms with Crippen LogP contribution in [0.4, 0.5) is 0 Å². The molecule has 5 aromatic rings. The van der Waals surface area contributed by atoms with E-state index in [0.29, 0.717) is 11.3 Å². The number of carbonyl (C=O) groups is 3. The quantitative estimate of drug-likeness (QED) is 0.0669. The number of hydrogen-bond donors (Lipinski definition) is 0. The third-order valence-electron chi connectivity index (χ3n) is 10.5. The molecule has 314 valence electrons. The molecule has 0 radical (unpaired) electrons. The van der Waals surface area contributed by atoms with Gasteiger partial charge in [-0.2, -0.15) is 0 Å². The number of esters is 2. The fourth-order valence-corrected chi connectivity index (χ4v) is 13.1. The number of Topliss-reactive ketones (excluding diaryl/α,β-unsaturated/α-hetero) is 1. The molecule has 1 heterocycles. The number of ketones is 1. The normalized spacial score (nSPS) is 19.3. The van der Waals surface area contributed by atoms with E-state index in [1.54, 1.807) is 31.4 Å². The van der Waals surface area contributed by atoms with Crippen molar-refractivity contribution in [3.05, 3.63) is 156 Å². The van der Waals surface area contributed by atoms with Gasteiger partial charge in [0.2, 0.25) is 0 Å². The summed E-state index contributed by atoms with van der Waals surface area (Å²) in [6.45, 7) is 10.1. The molecule has 1 saturated heterocycles. The van der Waals surface area contributed by atoms with E-state index in [1.807, 2.05) is 97.9 Å². The molecule has 0 N–H and O–H groups in total. The van der Waals surface area contributed by atoms with Crippen molar-refractivity contribution in [1.29, 1.82) is 0 Å². The van der Waals surface area contributed by atoms with Gasteiger partial charge in [-0.15, -0.1) is 0 Å². The highest BCUT2D eigenvalue weighted by Crippen LogP contribution is 2.41. The summed E-state index contributed by atoms with van der Waals surface area (Å²) in [7, 11) is -1.53. The number of hydrogen-bond acceptors (Lipinski definition) is 10. The summed E-state index contributed by atoms with van der Waals surface area (Å²) < 4.78 is 39.5. The standard InChI is InChI=1S/C49H54O9SSi/c1-34-22-29-39(30-23-34)59-48-46(58-47(52)37-16-10-7-11-17-37)45(54-32-36-25-27-38(53-6)28-26-36)44(57-43(51)31-24-35(2)50)42(56-48)33-55-60(49(3,4)5,40-18-12-8-13-19-40)41-20-14-9-15-21-41/h7-23,25-30,42,44-46,48H,24,31-33H2,1-6H3/t42-,44+,45+,46-,48+/m1/s1. The van der Waals surface area contributed by atoms with Gasteiger partial charge in [-0.25, -0.2) is 4.79 Å². The highest BCUT2D eigenvalue weighted by Gasteiger charge is 2.55. The lowest BCUT2D eigenvalue weighted by atomic mass is 9.99. The Morgan fingerprint density at radius 1 is 0.700 bits per heavy atom. The van der Waals surface area contributed by atoms with Gasteiger partial charge in [-0.1, -0.05) is 141 Å². The summed E-state index contributed by atoms with van der Waals surface area (Å²) in [6.07, 6.45) is -4.27. The Labute approximate surface area is 358 Å². The molecule has 0 spiro atoms. The minimum atomic E-state index is -3.13. The van der Waals surface area contributed by atoms with Crippen LogP contribution in [0.3, 0.4) is 0 Å². The Balaban J connectivity index is 1.47. The van der Waals surface area contributed by atoms with E-state index in [1.165, 1.54) is 18.7 Å². The molecular weight excluding hydrogens is 793 g/mol. The molecule has 5 aromatic carbocycles. The van der Waals surface area contributed by atoms with Crippen LogP contribution in [-0.4, -0.2) is 69.6 Å². The van der Waals surface area contributed by atoms with Gasteiger partial charge in [-0.3, -0.25) is 4.79 Å². The maximum atomic E-state index is 14.0. The molecule has 0 aromatic heterocycles. The van der Waals surface area contributed by atoms with Gasteiger partial charge in [0.15, 0.2) is 12.2 Å². The maximum Gasteiger partial charge on any atom is 0.338 e. The predicted molar refractivity (Wildman–Crippen MR) is 236 cm³/mol. The van der Waals surface area contributed by atoms with Crippen molar-refractivity contribution in [3.63, 3.8) is 0 Å². The first-order chi connectivity index (χ1) is 28.9. The molecule has 0 bridgehead atoms. The second-order valence-electron chi connectivity index (χ2n) is 16.0. The lowest BCUT2D eigenvalue weighted by Gasteiger charge is -2.47. The van der Waals surface area contributed by atoms with Gasteiger partial charge in [0.25, 0.3) is 8.32 Å². The summed E-state index contributed by atoms with van der Waals surface area (Å²) in [6, 6.07) is 44.7. The van der Waals surface area contributed by atoms with Crippen LogP contribution in [0.25, 0.3) is 0 Å². The topological polar surface area (TPSA) is 107 Å². The van der Waals surface area contributed by atoms with E-state index in [0.717, 1.165) is 26.4 Å². The zero-order chi connectivity index (χ0) is 42.7. The Morgan fingerprint density at radius 2 is 1.28 bits per heavy atom. The monoisotopic (exact) mass is 846 g/mol. The molecule has 0 unspecified atom stereocenters. The van der Waals surface area contributed by atoms with E-state index >= 15 is 0 Å². The second-order valence-corrected chi connectivity index (χ2v) is 21.4. The van der Waals surface area contributed by atoms with Crippen LogP contribution in [0.5, 0.6) is 5.75 Å². The van der Waals surface area contributed by atoms with E-state index < -0.39 is 50.1 Å². The van der Waals surface area contributed by atoms with E-state index in [9.17, 15) is 14.4 Å². The zero-order valence-electron chi connectivity index (χ0n) is 35.1. The van der Waals surface area contributed by atoms with Crippen LogP contribution in [0.1, 0.15) is 62.0 Å². The third kappa shape index (κ3) is 11.0. The van der Waals surface area contributed by atoms with Gasteiger partial charge in [0, 0.05) is 11.3 Å². The average Bonchev–Trinajstić information content (AvgIpc) is 3.25. The lowest BCUT2D eigenvalue weighted by molar-refractivity contribution is -0.233. The number of rotatable bonds is 17. The van der Waals surface area contributed by atoms with Gasteiger partial charge < -0.3 is 32.9 Å². The summed E-state index contributed by atoms with van der Waals surface area (Å²) in [5.41, 5.74) is 1.42. The van der Waals surface area contributed by atoms with Gasteiger partial charge in [0.05, 0.1) is 32.3 Å². The second kappa shape index (κ2) is 20.5. The molecular formula is C49H54O9SSi. The van der Waals surface area contributed by atoms with Crippen LogP contribution in [0, 0.1) is 6.92 Å². The highest BCUT2D eigenvalue weighted by atomic mass is 32.2. The fourth-order valence-electron chi connectivity index (χ4n) is 7.45. The van der Waals surface area contributed by atoms with Gasteiger partial charge in [-0.05, 0) is 71.2 Å².